The average Bonchev–Trinajstić information content (AvgIpc) is 2.98. The third kappa shape index (κ3) is 3.42. The maximum atomic E-state index is 12.5. The summed E-state index contributed by atoms with van der Waals surface area (Å²) in [7, 11) is 0. The highest BCUT2D eigenvalue weighted by Crippen LogP contribution is 2.27. The predicted octanol–water partition coefficient (Wildman–Crippen LogP) is 2.36. The molecule has 2 aromatic rings. The van der Waals surface area contributed by atoms with Crippen molar-refractivity contribution in [2.45, 2.75) is 39.2 Å². The number of aromatic amines is 1. The third-order valence-electron chi connectivity index (χ3n) is 4.43. The summed E-state index contributed by atoms with van der Waals surface area (Å²) < 4.78 is 0. The van der Waals surface area contributed by atoms with Crippen LogP contribution in [0.5, 0.6) is 0 Å². The smallest absolute Gasteiger partial charge is 0.228 e. The van der Waals surface area contributed by atoms with Crippen molar-refractivity contribution < 1.29 is 4.79 Å². The largest absolute Gasteiger partial charge is 0.314 e. The minimum Gasteiger partial charge on any atom is -0.314 e. The first kappa shape index (κ1) is 15.7. The van der Waals surface area contributed by atoms with Crippen LogP contribution in [0, 0.1) is 5.92 Å². The van der Waals surface area contributed by atoms with Gasteiger partial charge in [0, 0.05) is 35.5 Å². The van der Waals surface area contributed by atoms with Crippen LogP contribution in [0.3, 0.4) is 0 Å². The fourth-order valence-corrected chi connectivity index (χ4v) is 3.16. The zero-order chi connectivity index (χ0) is 16.2. The molecule has 2 atom stereocenters. The third-order valence-corrected chi connectivity index (χ3v) is 4.43. The van der Waals surface area contributed by atoms with Gasteiger partial charge in [-0.2, -0.15) is 5.10 Å². The summed E-state index contributed by atoms with van der Waals surface area (Å²) in [6.45, 7) is 5.08. The van der Waals surface area contributed by atoms with Gasteiger partial charge in [-0.15, -0.1) is 0 Å². The molecule has 6 nitrogen and oxygen atoms in total. The van der Waals surface area contributed by atoms with E-state index in [1.807, 2.05) is 12.1 Å². The minimum absolute atomic E-state index is 0.0528. The monoisotopic (exact) mass is 313 g/mol. The van der Waals surface area contributed by atoms with E-state index in [-0.39, 0.29) is 11.8 Å². The Labute approximate surface area is 136 Å². The number of carbonyl (C=O) groups is 1. The number of hydrogen-bond donors (Lipinski definition) is 3. The molecule has 0 spiro atoms. The summed E-state index contributed by atoms with van der Waals surface area (Å²) >= 11 is 0. The Morgan fingerprint density at radius 2 is 2.17 bits per heavy atom. The van der Waals surface area contributed by atoms with Crippen molar-refractivity contribution in [2.75, 3.05) is 11.9 Å². The van der Waals surface area contributed by atoms with Gasteiger partial charge in [0.15, 0.2) is 5.82 Å². The van der Waals surface area contributed by atoms with Gasteiger partial charge in [0.05, 0.1) is 5.69 Å². The van der Waals surface area contributed by atoms with E-state index in [1.165, 1.54) is 0 Å². The van der Waals surface area contributed by atoms with E-state index in [0.29, 0.717) is 11.9 Å². The molecule has 3 heterocycles. The molecule has 2 aromatic heterocycles. The van der Waals surface area contributed by atoms with Crippen molar-refractivity contribution in [2.24, 2.45) is 5.92 Å². The van der Waals surface area contributed by atoms with Gasteiger partial charge in [-0.3, -0.25) is 14.9 Å². The Balaban J connectivity index is 1.78. The van der Waals surface area contributed by atoms with Gasteiger partial charge in [0.1, 0.15) is 0 Å². The Kier molecular flexibility index (Phi) is 4.71. The van der Waals surface area contributed by atoms with E-state index >= 15 is 0 Å². The van der Waals surface area contributed by atoms with E-state index < -0.39 is 0 Å². The molecule has 122 valence electrons. The van der Waals surface area contributed by atoms with E-state index in [9.17, 15) is 4.79 Å². The van der Waals surface area contributed by atoms with E-state index in [0.717, 1.165) is 42.6 Å². The van der Waals surface area contributed by atoms with Crippen LogP contribution in [0.1, 0.15) is 32.3 Å². The van der Waals surface area contributed by atoms with Crippen molar-refractivity contribution >= 4 is 11.7 Å². The first-order chi connectivity index (χ1) is 11.2. The highest BCUT2D eigenvalue weighted by atomic mass is 16.2. The van der Waals surface area contributed by atoms with E-state index in [1.54, 1.807) is 12.4 Å². The summed E-state index contributed by atoms with van der Waals surface area (Å²) in [6, 6.07) is 4.26. The number of hydrogen-bond acceptors (Lipinski definition) is 4. The van der Waals surface area contributed by atoms with Crippen molar-refractivity contribution in [3.05, 3.63) is 30.1 Å². The van der Waals surface area contributed by atoms with E-state index in [4.69, 9.17) is 0 Å². The lowest BCUT2D eigenvalue weighted by atomic mass is 9.92. The normalized spacial score (nSPS) is 21.1. The molecule has 0 bridgehead atoms. The summed E-state index contributed by atoms with van der Waals surface area (Å²) in [6.07, 6.45) is 6.05. The first-order valence-electron chi connectivity index (χ1n) is 8.21. The molecule has 0 aromatic carbocycles. The second-order valence-electron chi connectivity index (χ2n) is 6.08. The van der Waals surface area contributed by atoms with Crippen LogP contribution in [0.2, 0.25) is 0 Å². The van der Waals surface area contributed by atoms with Crippen molar-refractivity contribution in [1.82, 2.24) is 20.5 Å². The number of anilines is 1. The van der Waals surface area contributed by atoms with Crippen LogP contribution >= 0.6 is 0 Å². The Bertz CT molecular complexity index is 667. The van der Waals surface area contributed by atoms with Gasteiger partial charge in [0.2, 0.25) is 5.91 Å². The summed E-state index contributed by atoms with van der Waals surface area (Å²) in [4.78, 5) is 16.6. The number of rotatable bonds is 4. The van der Waals surface area contributed by atoms with Crippen LogP contribution in [0.15, 0.2) is 24.5 Å². The molecule has 6 heteroatoms. The topological polar surface area (TPSA) is 82.7 Å². The molecule has 0 unspecified atom stereocenters. The van der Waals surface area contributed by atoms with E-state index in [2.05, 4.69) is 39.7 Å². The van der Waals surface area contributed by atoms with Gasteiger partial charge in [-0.05, 0) is 44.9 Å². The second-order valence-corrected chi connectivity index (χ2v) is 6.08. The highest BCUT2D eigenvalue weighted by Gasteiger charge is 2.26. The molecule has 23 heavy (non-hydrogen) atoms. The van der Waals surface area contributed by atoms with Gasteiger partial charge >= 0.3 is 0 Å². The Morgan fingerprint density at radius 3 is 2.87 bits per heavy atom. The van der Waals surface area contributed by atoms with Gasteiger partial charge in [0.25, 0.3) is 0 Å². The standard InChI is InChI=1S/C17H23N5O/c1-3-14-15(12-4-7-18-8-5-12)21-22-16(14)20-17(23)13-6-9-19-11(2)10-13/h4-5,7-8,11,13,19H,3,6,9-10H2,1-2H3,(H2,20,21,22,23)/t11-,13-/m0/s1. The predicted molar refractivity (Wildman–Crippen MR) is 90.0 cm³/mol. The fraction of sp³-hybridized carbons (Fsp3) is 0.471. The number of amides is 1. The van der Waals surface area contributed by atoms with Crippen LogP contribution in [0.4, 0.5) is 5.82 Å². The molecular weight excluding hydrogens is 290 g/mol. The van der Waals surface area contributed by atoms with Crippen LogP contribution in [-0.2, 0) is 11.2 Å². The molecule has 0 aliphatic carbocycles. The molecule has 1 aliphatic rings. The molecular formula is C17H23N5O. The molecule has 1 aliphatic heterocycles. The zero-order valence-corrected chi connectivity index (χ0v) is 13.6. The van der Waals surface area contributed by atoms with Crippen LogP contribution in [0.25, 0.3) is 11.3 Å². The fourth-order valence-electron chi connectivity index (χ4n) is 3.16. The zero-order valence-electron chi connectivity index (χ0n) is 13.6. The molecule has 0 saturated carbocycles. The molecule has 1 amide bonds. The van der Waals surface area contributed by atoms with Crippen LogP contribution < -0.4 is 10.6 Å². The van der Waals surface area contributed by atoms with Crippen molar-refractivity contribution in [1.29, 1.82) is 0 Å². The van der Waals surface area contributed by atoms with Gasteiger partial charge in [-0.25, -0.2) is 0 Å². The average molecular weight is 313 g/mol. The number of nitrogens with zero attached hydrogens (tertiary/aromatic N) is 2. The molecule has 0 radical (unpaired) electrons. The van der Waals surface area contributed by atoms with Crippen molar-refractivity contribution in [3.8, 4) is 11.3 Å². The number of aromatic nitrogens is 3. The maximum Gasteiger partial charge on any atom is 0.228 e. The lowest BCUT2D eigenvalue weighted by molar-refractivity contribution is -0.120. The lowest BCUT2D eigenvalue weighted by Gasteiger charge is -2.26. The quantitative estimate of drug-likeness (QED) is 0.809. The molecule has 3 N–H and O–H groups in total. The minimum atomic E-state index is 0.0528. The maximum absolute atomic E-state index is 12.5. The summed E-state index contributed by atoms with van der Waals surface area (Å²) in [5, 5.41) is 13.8. The summed E-state index contributed by atoms with van der Waals surface area (Å²) in [5.41, 5.74) is 3.01. The number of nitrogens with one attached hydrogen (secondary N) is 3. The van der Waals surface area contributed by atoms with Crippen molar-refractivity contribution in [3.63, 3.8) is 0 Å². The molecule has 1 fully saturated rings. The SMILES string of the molecule is CCc1c(NC(=O)[C@H]2CCN[C@@H](C)C2)n[nH]c1-c1ccncc1. The number of carbonyl (C=O) groups excluding carboxylic acids is 1. The van der Waals surface area contributed by atoms with Gasteiger partial charge in [-0.1, -0.05) is 6.92 Å². The number of pyridine rings is 1. The highest BCUT2D eigenvalue weighted by molar-refractivity contribution is 5.93. The lowest BCUT2D eigenvalue weighted by Crippen LogP contribution is -2.40. The van der Waals surface area contributed by atoms with Gasteiger partial charge < -0.3 is 10.6 Å². The summed E-state index contributed by atoms with van der Waals surface area (Å²) in [5.74, 6) is 0.772. The number of H-pyrrole nitrogens is 1. The first-order valence-corrected chi connectivity index (χ1v) is 8.21. The molecule has 3 rings (SSSR count). The Hall–Kier alpha value is -2.21. The molecule has 1 saturated heterocycles. The second kappa shape index (κ2) is 6.91. The Morgan fingerprint density at radius 1 is 1.39 bits per heavy atom. The van der Waals surface area contributed by atoms with Crippen LogP contribution in [-0.4, -0.2) is 33.7 Å². The number of piperidine rings is 1.